The van der Waals surface area contributed by atoms with Crippen molar-refractivity contribution >= 4 is 23.5 Å². The van der Waals surface area contributed by atoms with Crippen molar-refractivity contribution in [3.05, 3.63) is 70.2 Å². The van der Waals surface area contributed by atoms with Gasteiger partial charge in [0.15, 0.2) is 0 Å². The number of aliphatic carboxylic acids is 1. The number of halogens is 1. The van der Waals surface area contributed by atoms with Gasteiger partial charge in [0.05, 0.1) is 6.42 Å². The van der Waals surface area contributed by atoms with Gasteiger partial charge in [-0.25, -0.2) is 0 Å². The van der Waals surface area contributed by atoms with E-state index >= 15 is 0 Å². The number of benzene rings is 2. The number of hydrogen-bond acceptors (Lipinski definition) is 2. The number of rotatable bonds is 5. The third-order valence-electron chi connectivity index (χ3n) is 4.10. The molecule has 0 spiro atoms. The number of nitrogens with zero attached hydrogens (tertiary/aromatic N) is 1. The summed E-state index contributed by atoms with van der Waals surface area (Å²) in [5, 5.41) is 9.79. The molecule has 5 heteroatoms. The molecule has 0 fully saturated rings. The van der Waals surface area contributed by atoms with Gasteiger partial charge in [0.25, 0.3) is 5.91 Å². The summed E-state index contributed by atoms with van der Waals surface area (Å²) >= 11 is 5.90. The van der Waals surface area contributed by atoms with E-state index in [1.807, 2.05) is 36.4 Å². The lowest BCUT2D eigenvalue weighted by Gasteiger charge is -2.23. The van der Waals surface area contributed by atoms with Crippen molar-refractivity contribution < 1.29 is 14.7 Å². The molecule has 1 aliphatic heterocycles. The molecule has 0 bridgehead atoms. The van der Waals surface area contributed by atoms with Gasteiger partial charge in [-0.3, -0.25) is 9.59 Å². The average molecular weight is 330 g/mol. The molecular weight excluding hydrogens is 314 g/mol. The van der Waals surface area contributed by atoms with Crippen LogP contribution in [0.4, 0.5) is 0 Å². The van der Waals surface area contributed by atoms with E-state index in [0.717, 1.165) is 11.1 Å². The number of amides is 1. The maximum absolute atomic E-state index is 12.5. The molecule has 2 aromatic rings. The Balaban J connectivity index is 1.81. The van der Waals surface area contributed by atoms with Crippen LogP contribution in [-0.4, -0.2) is 28.4 Å². The number of hydrogen-bond donors (Lipinski definition) is 1. The van der Waals surface area contributed by atoms with E-state index in [0.29, 0.717) is 23.7 Å². The van der Waals surface area contributed by atoms with E-state index in [4.69, 9.17) is 11.6 Å². The first kappa shape index (κ1) is 15.6. The van der Waals surface area contributed by atoms with Crippen LogP contribution in [0.2, 0.25) is 5.02 Å². The minimum atomic E-state index is -0.880. The second-order valence-electron chi connectivity index (χ2n) is 5.69. The van der Waals surface area contributed by atoms with Gasteiger partial charge in [0.2, 0.25) is 0 Å². The lowest BCUT2D eigenvalue weighted by molar-refractivity contribution is -0.137. The summed E-state index contributed by atoms with van der Waals surface area (Å²) in [7, 11) is 0. The molecule has 3 rings (SSSR count). The Kier molecular flexibility index (Phi) is 4.35. The van der Waals surface area contributed by atoms with E-state index < -0.39 is 5.97 Å². The Labute approximate surface area is 139 Å². The predicted molar refractivity (Wildman–Crippen MR) is 87.6 cm³/mol. The molecule has 0 aliphatic carbocycles. The van der Waals surface area contributed by atoms with Gasteiger partial charge in [0.1, 0.15) is 0 Å². The molecule has 0 radical (unpaired) electrons. The maximum Gasteiger partial charge on any atom is 0.304 e. The molecule has 23 heavy (non-hydrogen) atoms. The molecule has 1 heterocycles. The van der Waals surface area contributed by atoms with Crippen LogP contribution in [-0.2, 0) is 11.3 Å². The van der Waals surface area contributed by atoms with Gasteiger partial charge in [-0.05, 0) is 29.3 Å². The van der Waals surface area contributed by atoms with Crippen molar-refractivity contribution in [1.82, 2.24) is 4.90 Å². The Morgan fingerprint density at radius 1 is 1.17 bits per heavy atom. The Bertz CT molecular complexity index is 742. The van der Waals surface area contributed by atoms with Gasteiger partial charge < -0.3 is 10.0 Å². The van der Waals surface area contributed by atoms with Gasteiger partial charge in [-0.15, -0.1) is 0 Å². The summed E-state index contributed by atoms with van der Waals surface area (Å²) in [5.74, 6) is -1.18. The zero-order valence-electron chi connectivity index (χ0n) is 12.4. The highest BCUT2D eigenvalue weighted by molar-refractivity contribution is 6.30. The number of carbonyl (C=O) groups excluding carboxylic acids is 1. The molecule has 1 atom stereocenters. The molecule has 1 amide bonds. The lowest BCUT2D eigenvalue weighted by atomic mass is 9.95. The van der Waals surface area contributed by atoms with E-state index in [9.17, 15) is 14.7 Å². The fourth-order valence-electron chi connectivity index (χ4n) is 2.96. The van der Waals surface area contributed by atoms with Crippen LogP contribution in [0.25, 0.3) is 0 Å². The molecular formula is C18H16ClNO3. The van der Waals surface area contributed by atoms with E-state index in [1.165, 1.54) is 0 Å². The van der Waals surface area contributed by atoms with Crippen molar-refractivity contribution in [2.45, 2.75) is 18.9 Å². The zero-order chi connectivity index (χ0) is 16.4. The smallest absolute Gasteiger partial charge is 0.304 e. The number of fused-ring (bicyclic) bond motifs is 1. The predicted octanol–water partition coefficient (Wildman–Crippen LogP) is 3.55. The fraction of sp³-hybridized carbons (Fsp3) is 0.222. The van der Waals surface area contributed by atoms with Crippen molar-refractivity contribution in [3.63, 3.8) is 0 Å². The standard InChI is InChI=1S/C18H16ClNO3/c19-15-7-5-12(6-8-15)14(9-17(21)22)11-20-10-13-3-1-2-4-16(13)18(20)23/h1-8,14H,9-11H2,(H,21,22). The monoisotopic (exact) mass is 329 g/mol. The van der Waals surface area contributed by atoms with Gasteiger partial charge in [-0.2, -0.15) is 0 Å². The van der Waals surface area contributed by atoms with Crippen LogP contribution in [0.1, 0.15) is 33.8 Å². The van der Waals surface area contributed by atoms with Crippen molar-refractivity contribution in [3.8, 4) is 0 Å². The fourth-order valence-corrected chi connectivity index (χ4v) is 3.09. The molecule has 0 aromatic heterocycles. The quantitative estimate of drug-likeness (QED) is 0.912. The summed E-state index contributed by atoms with van der Waals surface area (Å²) in [4.78, 5) is 25.4. The summed E-state index contributed by atoms with van der Waals surface area (Å²) in [6.45, 7) is 0.903. The molecule has 4 nitrogen and oxygen atoms in total. The second kappa shape index (κ2) is 6.42. The SMILES string of the molecule is O=C(O)CC(CN1Cc2ccccc2C1=O)c1ccc(Cl)cc1. The highest BCUT2D eigenvalue weighted by Gasteiger charge is 2.29. The van der Waals surface area contributed by atoms with Crippen LogP contribution in [0.15, 0.2) is 48.5 Å². The van der Waals surface area contributed by atoms with E-state index in [1.54, 1.807) is 17.0 Å². The first-order chi connectivity index (χ1) is 11.0. The third kappa shape index (κ3) is 3.37. The summed E-state index contributed by atoms with van der Waals surface area (Å²) in [5.41, 5.74) is 2.57. The van der Waals surface area contributed by atoms with Crippen molar-refractivity contribution in [2.24, 2.45) is 0 Å². The molecule has 118 valence electrons. The van der Waals surface area contributed by atoms with Gasteiger partial charge in [-0.1, -0.05) is 41.9 Å². The number of carbonyl (C=O) groups is 2. The summed E-state index contributed by atoms with van der Waals surface area (Å²) in [6.07, 6.45) is -0.0260. The maximum atomic E-state index is 12.5. The van der Waals surface area contributed by atoms with E-state index in [2.05, 4.69) is 0 Å². The Morgan fingerprint density at radius 3 is 2.52 bits per heavy atom. The Hall–Kier alpha value is -2.33. The van der Waals surface area contributed by atoms with Crippen molar-refractivity contribution in [2.75, 3.05) is 6.54 Å². The first-order valence-electron chi connectivity index (χ1n) is 7.39. The highest BCUT2D eigenvalue weighted by Crippen LogP contribution is 2.28. The topological polar surface area (TPSA) is 57.6 Å². The number of carboxylic acids is 1. The third-order valence-corrected chi connectivity index (χ3v) is 4.35. The largest absolute Gasteiger partial charge is 0.481 e. The first-order valence-corrected chi connectivity index (χ1v) is 7.77. The molecule has 0 saturated heterocycles. The Morgan fingerprint density at radius 2 is 1.87 bits per heavy atom. The van der Waals surface area contributed by atoms with Gasteiger partial charge >= 0.3 is 5.97 Å². The van der Waals surface area contributed by atoms with Crippen LogP contribution >= 0.6 is 11.6 Å². The van der Waals surface area contributed by atoms with Crippen molar-refractivity contribution in [1.29, 1.82) is 0 Å². The highest BCUT2D eigenvalue weighted by atomic mass is 35.5. The molecule has 1 N–H and O–H groups in total. The molecule has 2 aromatic carbocycles. The van der Waals surface area contributed by atoms with Crippen LogP contribution in [0.3, 0.4) is 0 Å². The second-order valence-corrected chi connectivity index (χ2v) is 6.13. The normalized spacial score (nSPS) is 14.7. The minimum Gasteiger partial charge on any atom is -0.481 e. The number of carboxylic acid groups (broad SMARTS) is 1. The van der Waals surface area contributed by atoms with Gasteiger partial charge in [0, 0.05) is 29.6 Å². The van der Waals surface area contributed by atoms with E-state index in [-0.39, 0.29) is 18.2 Å². The van der Waals surface area contributed by atoms with Crippen LogP contribution < -0.4 is 0 Å². The van der Waals surface area contributed by atoms with Crippen LogP contribution in [0, 0.1) is 0 Å². The lowest BCUT2D eigenvalue weighted by Crippen LogP contribution is -2.30. The average Bonchev–Trinajstić information content (AvgIpc) is 2.84. The summed E-state index contributed by atoms with van der Waals surface area (Å²) in [6, 6.07) is 14.6. The molecule has 1 unspecified atom stereocenters. The zero-order valence-corrected chi connectivity index (χ0v) is 13.2. The summed E-state index contributed by atoms with van der Waals surface area (Å²) < 4.78 is 0. The molecule has 1 aliphatic rings. The minimum absolute atomic E-state index is 0.0260. The van der Waals surface area contributed by atoms with Crippen LogP contribution in [0.5, 0.6) is 0 Å². The molecule has 0 saturated carbocycles.